The maximum Gasteiger partial charge on any atom is 0.411 e. The zero-order valence-electron chi connectivity index (χ0n) is 21.3. The van der Waals surface area contributed by atoms with Gasteiger partial charge in [0.05, 0.1) is 46.1 Å². The van der Waals surface area contributed by atoms with Gasteiger partial charge < -0.3 is 10.1 Å². The van der Waals surface area contributed by atoms with Crippen molar-refractivity contribution in [2.45, 2.75) is 39.2 Å². The molecule has 5 rings (SSSR count). The molecule has 2 N–H and O–H groups in total. The summed E-state index contributed by atoms with van der Waals surface area (Å²) >= 11 is 1.46. The molecule has 0 aliphatic carbocycles. The fraction of sp³-hybridized carbons (Fsp3) is 0.400. The molecule has 2 amide bonds. The van der Waals surface area contributed by atoms with Crippen molar-refractivity contribution in [3.05, 3.63) is 48.3 Å². The van der Waals surface area contributed by atoms with Crippen molar-refractivity contribution in [1.29, 1.82) is 0 Å². The Morgan fingerprint density at radius 3 is 2.62 bits per heavy atom. The molecule has 0 atom stereocenters. The van der Waals surface area contributed by atoms with E-state index in [1.807, 2.05) is 19.4 Å². The Bertz CT molecular complexity index is 1450. The Morgan fingerprint density at radius 2 is 1.89 bits per heavy atom. The number of hydrogen-bond donors (Lipinski definition) is 2. The number of likely N-dealkylation sites (tertiary alicyclic amines) is 1. The van der Waals surface area contributed by atoms with Crippen molar-refractivity contribution in [2.24, 2.45) is 7.05 Å². The molecule has 37 heavy (non-hydrogen) atoms. The van der Waals surface area contributed by atoms with Crippen LogP contribution in [0, 0.1) is 6.92 Å². The molecule has 0 spiro atoms. The summed E-state index contributed by atoms with van der Waals surface area (Å²) in [6.07, 6.45) is 10.4. The second kappa shape index (κ2) is 9.94. The number of thiazole rings is 1. The average Bonchev–Trinajstić information content (AvgIpc) is 3.64. The number of nitrogens with zero attached hydrogens (tertiary/aromatic N) is 6. The van der Waals surface area contributed by atoms with E-state index < -0.39 is 6.09 Å². The van der Waals surface area contributed by atoms with Gasteiger partial charge in [-0.2, -0.15) is 10.2 Å². The molecule has 1 aliphatic heterocycles. The highest BCUT2D eigenvalue weighted by molar-refractivity contribution is 7.21. The van der Waals surface area contributed by atoms with Gasteiger partial charge in [-0.3, -0.25) is 24.7 Å². The SMILES string of the molecule is Cc1ncc(NC(=O)OCC(C)(C)N2CCCC2)cc1NC(=O)c1cnn2cc(-c3cnn(C)c3)sc12. The third kappa shape index (κ3) is 5.35. The minimum Gasteiger partial charge on any atom is -0.447 e. The van der Waals surface area contributed by atoms with Crippen LogP contribution in [0.4, 0.5) is 16.2 Å². The molecule has 0 saturated carbocycles. The third-order valence-electron chi connectivity index (χ3n) is 6.53. The van der Waals surface area contributed by atoms with Gasteiger partial charge in [0.25, 0.3) is 5.91 Å². The van der Waals surface area contributed by atoms with Gasteiger partial charge in [0, 0.05) is 30.5 Å². The second-order valence-corrected chi connectivity index (χ2v) is 10.9. The maximum atomic E-state index is 13.1. The van der Waals surface area contributed by atoms with Crippen LogP contribution in [0.15, 0.2) is 37.1 Å². The second-order valence-electron chi connectivity index (χ2n) is 9.82. The number of carbonyl (C=O) groups excluding carboxylic acids is 2. The monoisotopic (exact) mass is 522 g/mol. The largest absolute Gasteiger partial charge is 0.447 e. The molecule has 5 heterocycles. The number of aromatic nitrogens is 5. The molecule has 0 radical (unpaired) electrons. The van der Waals surface area contributed by atoms with Crippen LogP contribution in [0.25, 0.3) is 15.3 Å². The zero-order valence-corrected chi connectivity index (χ0v) is 22.1. The van der Waals surface area contributed by atoms with Crippen molar-refractivity contribution in [2.75, 3.05) is 30.3 Å². The molecule has 4 aromatic heterocycles. The molecular weight excluding hydrogens is 492 g/mol. The smallest absolute Gasteiger partial charge is 0.411 e. The lowest BCUT2D eigenvalue weighted by atomic mass is 10.1. The highest BCUT2D eigenvalue weighted by Crippen LogP contribution is 2.30. The van der Waals surface area contributed by atoms with Crippen LogP contribution in [0.2, 0.25) is 0 Å². The number of carbonyl (C=O) groups is 2. The fourth-order valence-electron chi connectivity index (χ4n) is 4.35. The number of fused-ring (bicyclic) bond motifs is 1. The number of pyridine rings is 1. The van der Waals surface area contributed by atoms with Crippen LogP contribution >= 0.6 is 11.3 Å². The molecular formula is C25H30N8O3S. The van der Waals surface area contributed by atoms with Crippen molar-refractivity contribution < 1.29 is 14.3 Å². The normalized spacial score (nSPS) is 14.3. The Labute approximate surface area is 218 Å². The Hall–Kier alpha value is -3.77. The number of nitrogens with one attached hydrogen (secondary N) is 2. The number of amides is 2. The van der Waals surface area contributed by atoms with Crippen molar-refractivity contribution >= 4 is 39.5 Å². The van der Waals surface area contributed by atoms with E-state index in [2.05, 4.69) is 44.6 Å². The molecule has 1 aliphatic rings. The van der Waals surface area contributed by atoms with Gasteiger partial charge >= 0.3 is 6.09 Å². The molecule has 1 saturated heterocycles. The minimum atomic E-state index is -0.560. The molecule has 194 valence electrons. The van der Waals surface area contributed by atoms with Crippen LogP contribution in [-0.2, 0) is 11.8 Å². The fourth-order valence-corrected chi connectivity index (χ4v) is 5.38. The first kappa shape index (κ1) is 24.9. The van der Waals surface area contributed by atoms with Crippen LogP contribution in [0.5, 0.6) is 0 Å². The molecule has 0 aromatic carbocycles. The Balaban J connectivity index is 1.25. The standard InChI is InChI=1S/C25H30N8O3S/c1-16-20(9-18(11-26-16)29-24(35)36-15-25(2,3)32-7-5-6-8-32)30-22(34)19-12-28-33-14-21(37-23(19)33)17-10-27-31(4)13-17/h9-14H,5-8,15H2,1-4H3,(H,29,35)(H,30,34). The molecule has 4 aromatic rings. The number of aryl methyl sites for hydroxylation is 2. The molecule has 11 nitrogen and oxygen atoms in total. The van der Waals surface area contributed by atoms with Crippen LogP contribution in [0.1, 0.15) is 42.7 Å². The van der Waals surface area contributed by atoms with E-state index in [9.17, 15) is 9.59 Å². The number of ether oxygens (including phenoxy) is 1. The highest BCUT2D eigenvalue weighted by Gasteiger charge is 2.30. The summed E-state index contributed by atoms with van der Waals surface area (Å²) in [5.74, 6) is -0.313. The summed E-state index contributed by atoms with van der Waals surface area (Å²) in [4.78, 5) is 34.0. The first-order chi connectivity index (χ1) is 17.7. The highest BCUT2D eigenvalue weighted by atomic mass is 32.1. The molecule has 12 heteroatoms. The van der Waals surface area contributed by atoms with E-state index in [0.29, 0.717) is 22.6 Å². The lowest BCUT2D eigenvalue weighted by Crippen LogP contribution is -2.46. The quantitative estimate of drug-likeness (QED) is 0.374. The Morgan fingerprint density at radius 1 is 1.11 bits per heavy atom. The molecule has 1 fully saturated rings. The zero-order chi connectivity index (χ0) is 26.2. The van der Waals surface area contributed by atoms with Gasteiger partial charge in [-0.25, -0.2) is 9.31 Å². The van der Waals surface area contributed by atoms with E-state index in [4.69, 9.17) is 4.74 Å². The lowest BCUT2D eigenvalue weighted by molar-refractivity contribution is 0.0613. The predicted octanol–water partition coefficient (Wildman–Crippen LogP) is 4.17. The average molecular weight is 523 g/mol. The summed E-state index contributed by atoms with van der Waals surface area (Å²) in [5.41, 5.74) is 2.71. The topological polar surface area (TPSA) is 119 Å². The maximum absolute atomic E-state index is 13.1. The van der Waals surface area contributed by atoms with Crippen LogP contribution in [-0.4, -0.2) is 66.5 Å². The van der Waals surface area contributed by atoms with Gasteiger partial charge in [-0.05, 0) is 52.8 Å². The summed E-state index contributed by atoms with van der Waals surface area (Å²) in [6.45, 7) is 8.25. The summed E-state index contributed by atoms with van der Waals surface area (Å²) in [6, 6.07) is 1.67. The van der Waals surface area contributed by atoms with E-state index in [1.165, 1.54) is 30.4 Å². The van der Waals surface area contributed by atoms with Gasteiger partial charge in [-0.15, -0.1) is 11.3 Å². The number of hydrogen-bond acceptors (Lipinski definition) is 8. The van der Waals surface area contributed by atoms with Gasteiger partial charge in [0.15, 0.2) is 0 Å². The van der Waals surface area contributed by atoms with E-state index in [0.717, 1.165) is 28.4 Å². The van der Waals surface area contributed by atoms with Crippen molar-refractivity contribution in [3.8, 4) is 10.4 Å². The van der Waals surface area contributed by atoms with Crippen LogP contribution in [0.3, 0.4) is 0 Å². The predicted molar refractivity (Wildman–Crippen MR) is 142 cm³/mol. The third-order valence-corrected chi connectivity index (χ3v) is 7.69. The first-order valence-corrected chi connectivity index (χ1v) is 12.9. The number of anilines is 2. The summed E-state index contributed by atoms with van der Waals surface area (Å²) in [5, 5.41) is 14.2. The molecule has 0 bridgehead atoms. The Kier molecular flexibility index (Phi) is 6.69. The van der Waals surface area contributed by atoms with Crippen LogP contribution < -0.4 is 10.6 Å². The van der Waals surface area contributed by atoms with Crippen molar-refractivity contribution in [1.82, 2.24) is 29.3 Å². The first-order valence-electron chi connectivity index (χ1n) is 12.1. The summed E-state index contributed by atoms with van der Waals surface area (Å²) in [7, 11) is 1.86. The van der Waals surface area contributed by atoms with E-state index >= 15 is 0 Å². The summed E-state index contributed by atoms with van der Waals surface area (Å²) < 4.78 is 8.91. The van der Waals surface area contributed by atoms with Gasteiger partial charge in [0.1, 0.15) is 11.4 Å². The number of rotatable bonds is 7. The van der Waals surface area contributed by atoms with Crippen molar-refractivity contribution in [3.63, 3.8) is 0 Å². The van der Waals surface area contributed by atoms with E-state index in [-0.39, 0.29) is 18.1 Å². The van der Waals surface area contributed by atoms with E-state index in [1.54, 1.807) is 34.6 Å². The molecule has 0 unspecified atom stereocenters. The lowest BCUT2D eigenvalue weighted by Gasteiger charge is -2.34. The minimum absolute atomic E-state index is 0.228. The van der Waals surface area contributed by atoms with Gasteiger partial charge in [0.2, 0.25) is 0 Å². The van der Waals surface area contributed by atoms with Gasteiger partial charge in [-0.1, -0.05) is 0 Å².